The van der Waals surface area contributed by atoms with Gasteiger partial charge in [0.05, 0.1) is 12.0 Å². The van der Waals surface area contributed by atoms with Crippen molar-refractivity contribution in [3.05, 3.63) is 42.2 Å². The van der Waals surface area contributed by atoms with Crippen LogP contribution < -0.4 is 5.32 Å². The van der Waals surface area contributed by atoms with E-state index >= 15 is 0 Å². The van der Waals surface area contributed by atoms with Gasteiger partial charge in [-0.3, -0.25) is 4.57 Å². The molecule has 0 amide bonds. The lowest BCUT2D eigenvalue weighted by Crippen LogP contribution is -2.30. The second-order valence-electron chi connectivity index (χ2n) is 6.25. The van der Waals surface area contributed by atoms with E-state index in [0.717, 1.165) is 5.56 Å². The Balaban J connectivity index is 1.72. The van der Waals surface area contributed by atoms with Gasteiger partial charge in [0.15, 0.2) is 23.2 Å². The number of terminal acetylenes is 1. The van der Waals surface area contributed by atoms with Crippen LogP contribution in [-0.4, -0.2) is 48.0 Å². The molecule has 27 heavy (non-hydrogen) atoms. The van der Waals surface area contributed by atoms with E-state index in [-0.39, 0.29) is 5.69 Å². The molecule has 4 atom stereocenters. The van der Waals surface area contributed by atoms with Crippen LogP contribution in [0.5, 0.6) is 0 Å². The number of anilines is 2. The molecule has 4 rings (SSSR count). The highest BCUT2D eigenvalue weighted by Crippen LogP contribution is 2.32. The van der Waals surface area contributed by atoms with Crippen molar-refractivity contribution in [1.82, 2.24) is 19.5 Å². The largest absolute Gasteiger partial charge is 0.386 e. The number of benzene rings is 1. The molecule has 2 aromatic heterocycles. The number of nitrogens with one attached hydrogen (secondary N) is 1. The number of hydrogen-bond acceptors (Lipinski definition) is 7. The third-order valence-electron chi connectivity index (χ3n) is 4.41. The number of imidazole rings is 1. The third kappa shape index (κ3) is 2.90. The van der Waals surface area contributed by atoms with Crippen molar-refractivity contribution in [2.75, 3.05) is 5.32 Å². The number of aliphatic hydroxyl groups is 2. The topological polar surface area (TPSA) is 105 Å². The van der Waals surface area contributed by atoms with Gasteiger partial charge >= 0.3 is 0 Å². The van der Waals surface area contributed by atoms with Gasteiger partial charge in [-0.1, -0.05) is 12.0 Å². The summed E-state index contributed by atoms with van der Waals surface area (Å²) in [5, 5.41) is 23.1. The van der Waals surface area contributed by atoms with Gasteiger partial charge in [-0.05, 0) is 24.6 Å². The van der Waals surface area contributed by atoms with Crippen LogP contribution in [0.25, 0.3) is 11.2 Å². The first-order valence-corrected chi connectivity index (χ1v) is 8.18. The van der Waals surface area contributed by atoms with E-state index < -0.39 is 30.4 Å². The number of aryl methyl sites for hydroxylation is 1. The van der Waals surface area contributed by atoms with Gasteiger partial charge in [-0.15, -0.1) is 6.42 Å². The first-order chi connectivity index (χ1) is 13.0. The van der Waals surface area contributed by atoms with Crippen LogP contribution in [0.2, 0.25) is 0 Å². The number of nitrogens with zero attached hydrogens (tertiary/aromatic N) is 4. The van der Waals surface area contributed by atoms with Crippen LogP contribution in [0.15, 0.2) is 30.9 Å². The highest BCUT2D eigenvalue weighted by molar-refractivity contribution is 5.85. The van der Waals surface area contributed by atoms with Crippen molar-refractivity contribution < 1.29 is 19.3 Å². The average Bonchev–Trinajstić information content (AvgIpc) is 3.21. The van der Waals surface area contributed by atoms with Crippen molar-refractivity contribution in [2.24, 2.45) is 0 Å². The number of aliphatic hydroxyl groups excluding tert-OH is 2. The van der Waals surface area contributed by atoms with E-state index in [0.29, 0.717) is 17.0 Å². The van der Waals surface area contributed by atoms with Crippen molar-refractivity contribution in [3.8, 4) is 12.3 Å². The monoisotopic (exact) mass is 369 g/mol. The molecule has 1 fully saturated rings. The maximum absolute atomic E-state index is 14.1. The Hall–Kier alpha value is -3.06. The molecule has 0 bridgehead atoms. The van der Waals surface area contributed by atoms with E-state index in [4.69, 9.17) is 11.2 Å². The highest BCUT2D eigenvalue weighted by Gasteiger charge is 2.43. The van der Waals surface area contributed by atoms with Gasteiger partial charge in [0, 0.05) is 0 Å². The summed E-state index contributed by atoms with van der Waals surface area (Å²) in [5.41, 5.74) is 1.83. The van der Waals surface area contributed by atoms with Gasteiger partial charge in [0.1, 0.15) is 30.5 Å². The quantitative estimate of drug-likeness (QED) is 0.597. The molecule has 138 valence electrons. The van der Waals surface area contributed by atoms with Crippen LogP contribution in [0, 0.1) is 25.1 Å². The molecular formula is C18H16FN5O3. The second kappa shape index (κ2) is 6.59. The fourth-order valence-electron chi connectivity index (χ4n) is 3.02. The standard InChI is InChI=1S/C18H16FN5O3/c1-3-12-14(25)15(26)18(27-12)24-8-22-13-16(20-7-21-17(13)24)23-11-6-9(2)4-5-10(11)19/h1,4-8,12,14-15,18,25-26H,2H3,(H,20,21,23)/t12-,14-,15-,18-/m1/s1. The third-order valence-corrected chi connectivity index (χ3v) is 4.41. The minimum Gasteiger partial charge on any atom is -0.386 e. The first kappa shape index (κ1) is 17.4. The van der Waals surface area contributed by atoms with Gasteiger partial charge in [0.25, 0.3) is 0 Å². The molecule has 1 aliphatic rings. The highest BCUT2D eigenvalue weighted by atomic mass is 19.1. The smallest absolute Gasteiger partial charge is 0.167 e. The molecule has 0 saturated carbocycles. The van der Waals surface area contributed by atoms with Gasteiger partial charge in [-0.25, -0.2) is 19.3 Å². The summed E-state index contributed by atoms with van der Waals surface area (Å²) >= 11 is 0. The van der Waals surface area contributed by atoms with Gasteiger partial charge in [0.2, 0.25) is 0 Å². The minimum atomic E-state index is -1.25. The SMILES string of the molecule is C#C[C@H]1O[C@@H](n2cnc3c(Nc4cc(C)ccc4F)ncnc32)[C@H](O)[C@@H]1O. The zero-order chi connectivity index (χ0) is 19.1. The van der Waals surface area contributed by atoms with Crippen molar-refractivity contribution >= 4 is 22.7 Å². The van der Waals surface area contributed by atoms with E-state index in [1.807, 2.05) is 6.92 Å². The number of aromatic nitrogens is 4. The number of fused-ring (bicyclic) bond motifs is 1. The minimum absolute atomic E-state index is 0.254. The molecule has 1 saturated heterocycles. The second-order valence-corrected chi connectivity index (χ2v) is 6.25. The molecular weight excluding hydrogens is 353 g/mol. The normalized spacial score (nSPS) is 24.9. The van der Waals surface area contributed by atoms with E-state index in [1.165, 1.54) is 23.3 Å². The maximum atomic E-state index is 14.1. The Morgan fingerprint density at radius 1 is 1.26 bits per heavy atom. The van der Waals surface area contributed by atoms with Crippen LogP contribution >= 0.6 is 0 Å². The molecule has 0 unspecified atom stereocenters. The van der Waals surface area contributed by atoms with Crippen LogP contribution in [-0.2, 0) is 4.74 Å². The zero-order valence-electron chi connectivity index (χ0n) is 14.2. The Morgan fingerprint density at radius 2 is 2.07 bits per heavy atom. The summed E-state index contributed by atoms with van der Waals surface area (Å²) in [6, 6.07) is 4.67. The molecule has 1 aliphatic heterocycles. The first-order valence-electron chi connectivity index (χ1n) is 8.18. The van der Waals surface area contributed by atoms with Crippen molar-refractivity contribution in [2.45, 2.75) is 31.5 Å². The van der Waals surface area contributed by atoms with E-state index in [9.17, 15) is 14.6 Å². The fraction of sp³-hybridized carbons (Fsp3) is 0.278. The number of rotatable bonds is 3. The maximum Gasteiger partial charge on any atom is 0.167 e. The van der Waals surface area contributed by atoms with Crippen LogP contribution in [0.4, 0.5) is 15.9 Å². The van der Waals surface area contributed by atoms with Crippen LogP contribution in [0.1, 0.15) is 11.8 Å². The predicted molar refractivity (Wildman–Crippen MR) is 94.5 cm³/mol. The van der Waals surface area contributed by atoms with Crippen molar-refractivity contribution in [3.63, 3.8) is 0 Å². The summed E-state index contributed by atoms with van der Waals surface area (Å²) in [7, 11) is 0. The number of halogens is 1. The Labute approximate surface area is 153 Å². The molecule has 3 aromatic rings. The number of ether oxygens (including phenoxy) is 1. The van der Waals surface area contributed by atoms with Gasteiger partial charge in [-0.2, -0.15) is 0 Å². The average molecular weight is 369 g/mol. The summed E-state index contributed by atoms with van der Waals surface area (Å²) in [4.78, 5) is 12.5. The summed E-state index contributed by atoms with van der Waals surface area (Å²) in [6.45, 7) is 1.85. The number of hydrogen-bond donors (Lipinski definition) is 3. The Kier molecular flexibility index (Phi) is 4.24. The molecule has 8 nitrogen and oxygen atoms in total. The molecule has 0 aliphatic carbocycles. The Morgan fingerprint density at radius 3 is 2.81 bits per heavy atom. The molecule has 0 radical (unpaired) electrons. The van der Waals surface area contributed by atoms with E-state index in [2.05, 4.69) is 26.2 Å². The summed E-state index contributed by atoms with van der Waals surface area (Å²) < 4.78 is 21.0. The summed E-state index contributed by atoms with van der Waals surface area (Å²) in [6.07, 6.45) is 3.63. The molecule has 0 spiro atoms. The predicted octanol–water partition coefficient (Wildman–Crippen LogP) is 1.27. The lowest BCUT2D eigenvalue weighted by atomic mass is 10.1. The Bertz CT molecular complexity index is 1050. The molecule has 9 heteroatoms. The van der Waals surface area contributed by atoms with Crippen molar-refractivity contribution in [1.29, 1.82) is 0 Å². The summed E-state index contributed by atoms with van der Waals surface area (Å²) in [5.74, 6) is 2.15. The molecule has 3 N–H and O–H groups in total. The van der Waals surface area contributed by atoms with Gasteiger partial charge < -0.3 is 20.3 Å². The fourth-order valence-corrected chi connectivity index (χ4v) is 3.02. The van der Waals surface area contributed by atoms with E-state index in [1.54, 1.807) is 12.1 Å². The lowest BCUT2D eigenvalue weighted by molar-refractivity contribution is -0.0230. The molecule has 1 aromatic carbocycles. The van der Waals surface area contributed by atoms with Crippen LogP contribution in [0.3, 0.4) is 0 Å². The molecule has 3 heterocycles. The zero-order valence-corrected chi connectivity index (χ0v) is 14.2. The lowest BCUT2D eigenvalue weighted by Gasteiger charge is -2.16.